The molecule has 7 heteroatoms. The number of carbonyl (C=O) groups is 2. The van der Waals surface area contributed by atoms with Crippen LogP contribution in [-0.2, 0) is 0 Å². The predicted octanol–water partition coefficient (Wildman–Crippen LogP) is 2.96. The molecular formula is C16H16BrN3O3. The topological polar surface area (TPSA) is 66.7 Å². The molecule has 1 aromatic heterocycles. The van der Waals surface area contributed by atoms with Gasteiger partial charge in [-0.2, -0.15) is 0 Å². The number of amides is 2. The number of hydrazine groups is 1. The number of nitrogens with zero attached hydrogens (tertiary/aromatic N) is 3. The van der Waals surface area contributed by atoms with Crippen molar-refractivity contribution in [2.45, 2.75) is 20.3 Å². The fraction of sp³-hybridized carbons (Fsp3) is 0.312. The van der Waals surface area contributed by atoms with Gasteiger partial charge in [0.05, 0.1) is 5.69 Å². The van der Waals surface area contributed by atoms with Gasteiger partial charge < -0.3 is 4.52 Å². The molecule has 0 aliphatic carbocycles. The lowest BCUT2D eigenvalue weighted by molar-refractivity contribution is 0.0184. The zero-order chi connectivity index (χ0) is 16.6. The van der Waals surface area contributed by atoms with E-state index in [1.807, 2.05) is 12.1 Å². The van der Waals surface area contributed by atoms with Crippen LogP contribution in [0.25, 0.3) is 0 Å². The van der Waals surface area contributed by atoms with E-state index in [1.165, 1.54) is 10.0 Å². The van der Waals surface area contributed by atoms with Gasteiger partial charge in [0, 0.05) is 23.1 Å². The van der Waals surface area contributed by atoms with Gasteiger partial charge in [-0.15, -0.1) is 0 Å². The van der Waals surface area contributed by atoms with Crippen molar-refractivity contribution >= 4 is 27.7 Å². The van der Waals surface area contributed by atoms with Crippen LogP contribution in [0.3, 0.4) is 0 Å². The lowest BCUT2D eigenvalue weighted by Gasteiger charge is -2.27. The fourth-order valence-electron chi connectivity index (χ4n) is 2.69. The van der Waals surface area contributed by atoms with Gasteiger partial charge in [-0.3, -0.25) is 9.59 Å². The van der Waals surface area contributed by atoms with Gasteiger partial charge in [-0.1, -0.05) is 21.1 Å². The maximum atomic E-state index is 12.8. The number of hydrogen-bond donors (Lipinski definition) is 0. The van der Waals surface area contributed by atoms with Crippen molar-refractivity contribution in [2.24, 2.45) is 0 Å². The smallest absolute Gasteiger partial charge is 0.277 e. The van der Waals surface area contributed by atoms with E-state index in [9.17, 15) is 9.59 Å². The van der Waals surface area contributed by atoms with E-state index < -0.39 is 0 Å². The Balaban J connectivity index is 1.87. The SMILES string of the molecule is Cc1noc(C)c1C(=O)N1CCCN1C(=O)c1ccc(Br)cc1. The first-order valence-corrected chi connectivity index (χ1v) is 8.10. The molecule has 1 aliphatic rings. The molecule has 2 heterocycles. The van der Waals surface area contributed by atoms with Crippen LogP contribution in [0, 0.1) is 13.8 Å². The number of rotatable bonds is 2. The largest absolute Gasteiger partial charge is 0.361 e. The lowest BCUT2D eigenvalue weighted by atomic mass is 10.2. The second kappa shape index (κ2) is 6.16. The van der Waals surface area contributed by atoms with Crippen molar-refractivity contribution < 1.29 is 14.1 Å². The third kappa shape index (κ3) is 2.88. The number of aromatic nitrogens is 1. The molecule has 0 spiro atoms. The Hall–Kier alpha value is -2.15. The van der Waals surface area contributed by atoms with Gasteiger partial charge in [-0.25, -0.2) is 10.0 Å². The van der Waals surface area contributed by atoms with E-state index >= 15 is 0 Å². The molecule has 6 nitrogen and oxygen atoms in total. The van der Waals surface area contributed by atoms with Gasteiger partial charge in [0.15, 0.2) is 0 Å². The first-order chi connectivity index (χ1) is 11.0. The van der Waals surface area contributed by atoms with Gasteiger partial charge in [0.25, 0.3) is 11.8 Å². The monoisotopic (exact) mass is 377 g/mol. The van der Waals surface area contributed by atoms with Gasteiger partial charge in [-0.05, 0) is 44.5 Å². The van der Waals surface area contributed by atoms with E-state index in [0.29, 0.717) is 35.7 Å². The van der Waals surface area contributed by atoms with Crippen molar-refractivity contribution in [2.75, 3.05) is 13.1 Å². The average molecular weight is 378 g/mol. The quantitative estimate of drug-likeness (QED) is 0.806. The number of hydrogen-bond acceptors (Lipinski definition) is 4. The summed E-state index contributed by atoms with van der Waals surface area (Å²) in [6.45, 7) is 4.44. The summed E-state index contributed by atoms with van der Waals surface area (Å²) in [6.07, 6.45) is 0.747. The van der Waals surface area contributed by atoms with Crippen molar-refractivity contribution in [3.8, 4) is 0 Å². The standard InChI is InChI=1S/C16H16BrN3O3/c1-10-14(11(2)23-18-10)16(22)20-9-3-8-19(20)15(21)12-4-6-13(17)7-5-12/h4-7H,3,8-9H2,1-2H3. The molecule has 2 amide bonds. The van der Waals surface area contributed by atoms with Crippen molar-refractivity contribution in [3.05, 3.63) is 51.3 Å². The first-order valence-electron chi connectivity index (χ1n) is 7.31. The third-order valence-corrected chi connectivity index (χ3v) is 4.37. The van der Waals surface area contributed by atoms with Crippen molar-refractivity contribution in [1.82, 2.24) is 15.2 Å². The molecular weight excluding hydrogens is 362 g/mol. The Bertz CT molecular complexity index is 735. The Kier molecular flexibility index (Phi) is 4.21. The van der Waals surface area contributed by atoms with Crippen LogP contribution in [0.2, 0.25) is 0 Å². The molecule has 1 fully saturated rings. The molecule has 23 heavy (non-hydrogen) atoms. The van der Waals surface area contributed by atoms with Crippen LogP contribution in [0.4, 0.5) is 0 Å². The Labute approximate surface area is 142 Å². The fourth-order valence-corrected chi connectivity index (χ4v) is 2.96. The summed E-state index contributed by atoms with van der Waals surface area (Å²) in [5, 5.41) is 6.80. The molecule has 0 bridgehead atoms. The lowest BCUT2D eigenvalue weighted by Crippen LogP contribution is -2.45. The number of benzene rings is 1. The Morgan fingerprint density at radius 2 is 1.70 bits per heavy atom. The second-order valence-corrected chi connectivity index (χ2v) is 6.33. The number of aryl methyl sites for hydroxylation is 2. The normalized spacial score (nSPS) is 14.4. The van der Waals surface area contributed by atoms with Gasteiger partial charge in [0.1, 0.15) is 11.3 Å². The maximum Gasteiger partial charge on any atom is 0.277 e. The van der Waals surface area contributed by atoms with Crippen LogP contribution in [0.1, 0.15) is 38.6 Å². The molecule has 0 atom stereocenters. The summed E-state index contributed by atoms with van der Waals surface area (Å²) < 4.78 is 5.97. The van der Waals surface area contributed by atoms with Crippen LogP contribution in [0.15, 0.2) is 33.3 Å². The third-order valence-electron chi connectivity index (χ3n) is 3.84. The minimum absolute atomic E-state index is 0.185. The highest BCUT2D eigenvalue weighted by Crippen LogP contribution is 2.22. The molecule has 1 aliphatic heterocycles. The van der Waals surface area contributed by atoms with E-state index in [2.05, 4.69) is 21.1 Å². The number of carbonyl (C=O) groups excluding carboxylic acids is 2. The molecule has 3 rings (SSSR count). The first kappa shape index (κ1) is 15.7. The Morgan fingerprint density at radius 3 is 2.26 bits per heavy atom. The summed E-state index contributed by atoms with van der Waals surface area (Å²) in [6, 6.07) is 7.10. The molecule has 0 radical (unpaired) electrons. The molecule has 120 valence electrons. The van der Waals surface area contributed by atoms with Crippen molar-refractivity contribution in [1.29, 1.82) is 0 Å². The molecule has 0 saturated carbocycles. The average Bonchev–Trinajstić information content (AvgIpc) is 3.14. The zero-order valence-corrected chi connectivity index (χ0v) is 14.5. The summed E-state index contributed by atoms with van der Waals surface area (Å²) >= 11 is 3.35. The van der Waals surface area contributed by atoms with Gasteiger partial charge in [0.2, 0.25) is 0 Å². The molecule has 2 aromatic rings. The van der Waals surface area contributed by atoms with Gasteiger partial charge >= 0.3 is 0 Å². The highest BCUT2D eigenvalue weighted by Gasteiger charge is 2.34. The van der Waals surface area contributed by atoms with Crippen LogP contribution >= 0.6 is 15.9 Å². The summed E-state index contributed by atoms with van der Waals surface area (Å²) in [5.74, 6) is 0.0368. The molecule has 0 unspecified atom stereocenters. The molecule has 1 saturated heterocycles. The highest BCUT2D eigenvalue weighted by molar-refractivity contribution is 9.10. The predicted molar refractivity (Wildman–Crippen MR) is 86.8 cm³/mol. The second-order valence-electron chi connectivity index (χ2n) is 5.42. The summed E-state index contributed by atoms with van der Waals surface area (Å²) in [7, 11) is 0. The minimum Gasteiger partial charge on any atom is -0.361 e. The number of halogens is 1. The van der Waals surface area contributed by atoms with Crippen LogP contribution in [0.5, 0.6) is 0 Å². The Morgan fingerprint density at radius 1 is 1.09 bits per heavy atom. The van der Waals surface area contributed by atoms with E-state index in [4.69, 9.17) is 4.52 Å². The van der Waals surface area contributed by atoms with E-state index in [-0.39, 0.29) is 11.8 Å². The minimum atomic E-state index is -0.246. The zero-order valence-electron chi connectivity index (χ0n) is 12.9. The highest BCUT2D eigenvalue weighted by atomic mass is 79.9. The molecule has 1 aromatic carbocycles. The maximum absolute atomic E-state index is 12.8. The van der Waals surface area contributed by atoms with E-state index in [1.54, 1.807) is 26.0 Å². The summed E-state index contributed by atoms with van der Waals surface area (Å²) in [4.78, 5) is 25.5. The van der Waals surface area contributed by atoms with Crippen LogP contribution in [-0.4, -0.2) is 40.1 Å². The molecule has 0 N–H and O–H groups in total. The van der Waals surface area contributed by atoms with Crippen LogP contribution < -0.4 is 0 Å². The summed E-state index contributed by atoms with van der Waals surface area (Å²) in [5.41, 5.74) is 1.52. The van der Waals surface area contributed by atoms with E-state index in [0.717, 1.165) is 10.9 Å². The van der Waals surface area contributed by atoms with Crippen molar-refractivity contribution in [3.63, 3.8) is 0 Å².